The number of nitrogens with one attached hydrogen (secondary N) is 1. The van der Waals surface area contributed by atoms with Crippen molar-refractivity contribution in [2.45, 2.75) is 6.92 Å². The number of hydrogen-bond acceptors (Lipinski definition) is 4. The Kier molecular flexibility index (Phi) is 3.00. The van der Waals surface area contributed by atoms with Crippen LogP contribution in [0.5, 0.6) is 0 Å². The second-order valence-corrected chi connectivity index (χ2v) is 3.67. The van der Waals surface area contributed by atoms with Crippen LogP contribution < -0.4 is 11.1 Å². The molecule has 5 heteroatoms. The summed E-state index contributed by atoms with van der Waals surface area (Å²) in [7, 11) is 0. The van der Waals surface area contributed by atoms with E-state index in [4.69, 9.17) is 5.73 Å². The third-order valence-corrected chi connectivity index (χ3v) is 2.27. The van der Waals surface area contributed by atoms with Gasteiger partial charge in [0.05, 0.1) is 23.6 Å². The minimum atomic E-state index is -0.266. The molecule has 0 saturated carbocycles. The minimum Gasteiger partial charge on any atom is -0.398 e. The summed E-state index contributed by atoms with van der Waals surface area (Å²) in [5, 5.41) is 2.67. The van der Waals surface area contributed by atoms with E-state index >= 15 is 0 Å². The van der Waals surface area contributed by atoms with Gasteiger partial charge in [0.1, 0.15) is 6.33 Å². The lowest BCUT2D eigenvalue weighted by Gasteiger charge is -2.07. The molecule has 0 aliphatic rings. The summed E-state index contributed by atoms with van der Waals surface area (Å²) in [4.78, 5) is 19.5. The fraction of sp³-hybridized carbons (Fsp3) is 0.0833. The molecule has 0 aliphatic carbocycles. The molecule has 0 spiro atoms. The number of nitrogens with two attached hydrogens (primary N) is 1. The SMILES string of the molecule is Cc1ccc(C(=O)Nc2cncnc2)c(N)c1. The Morgan fingerprint density at radius 1 is 1.29 bits per heavy atom. The lowest BCUT2D eigenvalue weighted by Crippen LogP contribution is -2.14. The number of hydrogen-bond donors (Lipinski definition) is 2. The predicted molar refractivity (Wildman–Crippen MR) is 65.6 cm³/mol. The molecule has 0 bridgehead atoms. The van der Waals surface area contributed by atoms with E-state index in [-0.39, 0.29) is 5.91 Å². The van der Waals surface area contributed by atoms with Gasteiger partial charge in [-0.05, 0) is 24.6 Å². The number of aromatic nitrogens is 2. The molecule has 86 valence electrons. The van der Waals surface area contributed by atoms with Gasteiger partial charge in [-0.1, -0.05) is 6.07 Å². The van der Waals surface area contributed by atoms with E-state index in [1.807, 2.05) is 13.0 Å². The summed E-state index contributed by atoms with van der Waals surface area (Å²) < 4.78 is 0. The Bertz CT molecular complexity index is 539. The van der Waals surface area contributed by atoms with Gasteiger partial charge in [0.25, 0.3) is 5.91 Å². The molecule has 0 radical (unpaired) electrons. The number of aryl methyl sites for hydroxylation is 1. The average Bonchev–Trinajstić information content (AvgIpc) is 2.30. The maximum Gasteiger partial charge on any atom is 0.257 e. The van der Waals surface area contributed by atoms with E-state index in [1.165, 1.54) is 18.7 Å². The maximum atomic E-state index is 11.9. The Morgan fingerprint density at radius 3 is 2.65 bits per heavy atom. The maximum absolute atomic E-state index is 11.9. The van der Waals surface area contributed by atoms with Gasteiger partial charge < -0.3 is 11.1 Å². The Balaban J connectivity index is 2.21. The van der Waals surface area contributed by atoms with Crippen molar-refractivity contribution in [3.8, 4) is 0 Å². The molecule has 0 atom stereocenters. The summed E-state index contributed by atoms with van der Waals surface area (Å²) in [5.74, 6) is -0.266. The highest BCUT2D eigenvalue weighted by Crippen LogP contribution is 2.15. The molecule has 17 heavy (non-hydrogen) atoms. The lowest BCUT2D eigenvalue weighted by molar-refractivity contribution is 0.102. The third kappa shape index (κ3) is 2.57. The van der Waals surface area contributed by atoms with E-state index in [9.17, 15) is 4.79 Å². The molecule has 3 N–H and O–H groups in total. The quantitative estimate of drug-likeness (QED) is 0.765. The van der Waals surface area contributed by atoms with Crippen molar-refractivity contribution in [1.29, 1.82) is 0 Å². The second-order valence-electron chi connectivity index (χ2n) is 3.67. The van der Waals surface area contributed by atoms with E-state index in [2.05, 4.69) is 15.3 Å². The smallest absolute Gasteiger partial charge is 0.257 e. The number of amides is 1. The van der Waals surface area contributed by atoms with Gasteiger partial charge >= 0.3 is 0 Å². The number of rotatable bonds is 2. The summed E-state index contributed by atoms with van der Waals surface area (Å²) in [6.45, 7) is 1.92. The van der Waals surface area contributed by atoms with Crippen LogP contribution in [0, 0.1) is 6.92 Å². The van der Waals surface area contributed by atoms with Crippen molar-refractivity contribution in [3.05, 3.63) is 48.0 Å². The molecule has 0 fully saturated rings. The van der Waals surface area contributed by atoms with Crippen LogP contribution in [0.2, 0.25) is 0 Å². The molecule has 0 aliphatic heterocycles. The molecule has 1 amide bonds. The first-order valence-corrected chi connectivity index (χ1v) is 5.09. The molecular weight excluding hydrogens is 216 g/mol. The van der Waals surface area contributed by atoms with Gasteiger partial charge in [-0.3, -0.25) is 4.79 Å². The molecule has 2 aromatic rings. The topological polar surface area (TPSA) is 80.9 Å². The van der Waals surface area contributed by atoms with Crippen molar-refractivity contribution in [2.75, 3.05) is 11.1 Å². The van der Waals surface area contributed by atoms with Crippen molar-refractivity contribution in [3.63, 3.8) is 0 Å². The van der Waals surface area contributed by atoms with Gasteiger partial charge in [0.2, 0.25) is 0 Å². The fourth-order valence-electron chi connectivity index (χ4n) is 1.45. The Morgan fingerprint density at radius 2 is 2.00 bits per heavy atom. The largest absolute Gasteiger partial charge is 0.398 e. The molecule has 5 nitrogen and oxygen atoms in total. The fourth-order valence-corrected chi connectivity index (χ4v) is 1.45. The monoisotopic (exact) mass is 228 g/mol. The number of carbonyl (C=O) groups excluding carboxylic acids is 1. The van der Waals surface area contributed by atoms with Crippen LogP contribution in [-0.2, 0) is 0 Å². The molecule has 0 saturated heterocycles. The first-order chi connectivity index (χ1) is 8.16. The summed E-state index contributed by atoms with van der Waals surface area (Å²) in [6, 6.07) is 5.30. The minimum absolute atomic E-state index is 0.266. The first-order valence-electron chi connectivity index (χ1n) is 5.09. The van der Waals surface area contributed by atoms with Gasteiger partial charge in [-0.2, -0.15) is 0 Å². The highest BCUT2D eigenvalue weighted by Gasteiger charge is 2.09. The lowest BCUT2D eigenvalue weighted by atomic mass is 10.1. The third-order valence-electron chi connectivity index (χ3n) is 2.27. The van der Waals surface area contributed by atoms with Crippen molar-refractivity contribution >= 4 is 17.3 Å². The Labute approximate surface area is 98.7 Å². The number of anilines is 2. The first kappa shape index (κ1) is 11.1. The standard InChI is InChI=1S/C12H12N4O/c1-8-2-3-10(11(13)4-8)12(17)16-9-5-14-7-15-6-9/h2-7H,13H2,1H3,(H,16,17). The number of nitrogens with zero attached hydrogens (tertiary/aromatic N) is 2. The van der Waals surface area contributed by atoms with Crippen LogP contribution in [0.25, 0.3) is 0 Å². The predicted octanol–water partition coefficient (Wildman–Crippen LogP) is 1.62. The highest BCUT2D eigenvalue weighted by atomic mass is 16.1. The van der Waals surface area contributed by atoms with Crippen LogP contribution in [0.3, 0.4) is 0 Å². The van der Waals surface area contributed by atoms with Crippen LogP contribution in [0.1, 0.15) is 15.9 Å². The molecule has 1 aromatic heterocycles. The van der Waals surface area contributed by atoms with Crippen LogP contribution >= 0.6 is 0 Å². The Hall–Kier alpha value is -2.43. The van der Waals surface area contributed by atoms with E-state index in [1.54, 1.807) is 12.1 Å². The summed E-state index contributed by atoms with van der Waals surface area (Å²) in [6.07, 6.45) is 4.44. The van der Waals surface area contributed by atoms with Crippen LogP contribution in [0.15, 0.2) is 36.9 Å². The van der Waals surface area contributed by atoms with Crippen LogP contribution in [-0.4, -0.2) is 15.9 Å². The molecule has 1 aromatic carbocycles. The molecule has 2 rings (SSSR count). The zero-order valence-electron chi connectivity index (χ0n) is 9.34. The average molecular weight is 228 g/mol. The normalized spacial score (nSPS) is 9.94. The molecular formula is C12H12N4O. The zero-order valence-corrected chi connectivity index (χ0v) is 9.34. The van der Waals surface area contributed by atoms with Crippen LogP contribution in [0.4, 0.5) is 11.4 Å². The van der Waals surface area contributed by atoms with Gasteiger partial charge in [-0.15, -0.1) is 0 Å². The van der Waals surface area contributed by atoms with Crippen molar-refractivity contribution in [2.24, 2.45) is 0 Å². The van der Waals surface area contributed by atoms with Gasteiger partial charge in [-0.25, -0.2) is 9.97 Å². The van der Waals surface area contributed by atoms with Crippen molar-refractivity contribution in [1.82, 2.24) is 9.97 Å². The molecule has 1 heterocycles. The number of benzene rings is 1. The highest BCUT2D eigenvalue weighted by molar-refractivity contribution is 6.07. The van der Waals surface area contributed by atoms with Gasteiger partial charge in [0.15, 0.2) is 0 Å². The van der Waals surface area contributed by atoms with Crippen molar-refractivity contribution < 1.29 is 4.79 Å². The zero-order chi connectivity index (χ0) is 12.3. The number of nitrogen functional groups attached to an aromatic ring is 1. The van der Waals surface area contributed by atoms with Gasteiger partial charge in [0, 0.05) is 5.69 Å². The summed E-state index contributed by atoms with van der Waals surface area (Å²) in [5.41, 5.74) is 8.24. The van der Waals surface area contributed by atoms with E-state index < -0.39 is 0 Å². The molecule has 0 unspecified atom stereocenters. The second kappa shape index (κ2) is 4.61. The number of carbonyl (C=O) groups is 1. The summed E-state index contributed by atoms with van der Waals surface area (Å²) >= 11 is 0. The van der Waals surface area contributed by atoms with E-state index in [0.717, 1.165) is 5.56 Å². The van der Waals surface area contributed by atoms with E-state index in [0.29, 0.717) is 16.9 Å².